The lowest BCUT2D eigenvalue weighted by molar-refractivity contribution is 0.0527. The molecule has 1 heterocycles. The minimum Gasteiger partial charge on any atom is -0.462 e. The van der Waals surface area contributed by atoms with Gasteiger partial charge >= 0.3 is 5.97 Å². The third kappa shape index (κ3) is 3.36. The van der Waals surface area contributed by atoms with E-state index < -0.39 is 0 Å². The van der Waals surface area contributed by atoms with Crippen molar-refractivity contribution in [2.45, 2.75) is 27.2 Å². The maximum Gasteiger partial charge on any atom is 0.341 e. The van der Waals surface area contributed by atoms with Gasteiger partial charge in [-0.3, -0.25) is 4.79 Å². The van der Waals surface area contributed by atoms with Crippen LogP contribution >= 0.6 is 11.3 Å². The largest absolute Gasteiger partial charge is 0.462 e. The molecule has 0 bridgehead atoms. The molecule has 1 aromatic heterocycles. The Balaban J connectivity index is 2.34. The number of esters is 1. The lowest BCUT2D eigenvalue weighted by atomic mass is 10.1. The van der Waals surface area contributed by atoms with E-state index in [1.54, 1.807) is 31.2 Å². The molecule has 2 rings (SSSR count). The molecule has 22 heavy (non-hydrogen) atoms. The number of aryl methyl sites for hydroxylation is 1. The lowest BCUT2D eigenvalue weighted by Crippen LogP contribution is -2.15. The van der Waals surface area contributed by atoms with Gasteiger partial charge in [0.05, 0.1) is 12.2 Å². The molecule has 1 aromatic carbocycles. The van der Waals surface area contributed by atoms with Gasteiger partial charge in [0.2, 0.25) is 0 Å². The number of rotatable bonds is 5. The fraction of sp³-hybridized carbons (Fsp3) is 0.294. The first-order valence-electron chi connectivity index (χ1n) is 7.24. The van der Waals surface area contributed by atoms with Crippen molar-refractivity contribution in [3.63, 3.8) is 0 Å². The van der Waals surface area contributed by atoms with Gasteiger partial charge in [0.25, 0.3) is 5.91 Å². The molecule has 1 amide bonds. The summed E-state index contributed by atoms with van der Waals surface area (Å²) < 4.78 is 5.13. The summed E-state index contributed by atoms with van der Waals surface area (Å²) >= 11 is 1.41. The number of hydrogen-bond donors (Lipinski definition) is 1. The Hall–Kier alpha value is -2.14. The predicted octanol–water partition coefficient (Wildman–Crippen LogP) is 4.05. The van der Waals surface area contributed by atoms with Crippen LogP contribution < -0.4 is 5.32 Å². The van der Waals surface area contributed by atoms with Gasteiger partial charge in [0.1, 0.15) is 5.00 Å². The van der Waals surface area contributed by atoms with Gasteiger partial charge in [0, 0.05) is 10.4 Å². The maximum absolute atomic E-state index is 12.3. The number of benzene rings is 1. The number of ether oxygens (including phenoxy) is 1. The van der Waals surface area contributed by atoms with Gasteiger partial charge in [-0.1, -0.05) is 25.1 Å². The van der Waals surface area contributed by atoms with Crippen LogP contribution in [0, 0.1) is 6.92 Å². The number of thiophene rings is 1. The summed E-state index contributed by atoms with van der Waals surface area (Å²) in [5.74, 6) is -0.609. The fourth-order valence-electron chi connectivity index (χ4n) is 2.28. The van der Waals surface area contributed by atoms with Crippen molar-refractivity contribution >= 4 is 28.2 Å². The molecule has 116 valence electrons. The topological polar surface area (TPSA) is 55.4 Å². The highest BCUT2D eigenvalue weighted by atomic mass is 32.1. The summed E-state index contributed by atoms with van der Waals surface area (Å²) in [4.78, 5) is 25.5. The molecule has 0 unspecified atom stereocenters. The van der Waals surface area contributed by atoms with Crippen LogP contribution in [0.5, 0.6) is 0 Å². The van der Waals surface area contributed by atoms with Crippen LogP contribution in [-0.4, -0.2) is 18.5 Å². The number of anilines is 1. The molecular weight excluding hydrogens is 298 g/mol. The Morgan fingerprint density at radius 2 is 1.86 bits per heavy atom. The molecule has 1 N–H and O–H groups in total. The first-order valence-corrected chi connectivity index (χ1v) is 8.05. The molecule has 0 saturated heterocycles. The normalized spacial score (nSPS) is 10.3. The Labute approximate surface area is 134 Å². The second kappa shape index (κ2) is 7.22. The first kappa shape index (κ1) is 16.2. The lowest BCUT2D eigenvalue weighted by Gasteiger charge is -2.08. The van der Waals surface area contributed by atoms with Gasteiger partial charge in [-0.25, -0.2) is 4.79 Å². The first-order chi connectivity index (χ1) is 10.6. The summed E-state index contributed by atoms with van der Waals surface area (Å²) in [5.41, 5.74) is 1.98. The van der Waals surface area contributed by atoms with Crippen molar-refractivity contribution in [1.82, 2.24) is 0 Å². The van der Waals surface area contributed by atoms with Gasteiger partial charge in [-0.05, 0) is 38.0 Å². The maximum atomic E-state index is 12.3. The van der Waals surface area contributed by atoms with Gasteiger partial charge < -0.3 is 10.1 Å². The highest BCUT2D eigenvalue weighted by Gasteiger charge is 2.23. The number of nitrogens with one attached hydrogen (secondary N) is 1. The van der Waals surface area contributed by atoms with Gasteiger partial charge in [-0.2, -0.15) is 0 Å². The molecule has 4 nitrogen and oxygen atoms in total. The number of hydrogen-bond acceptors (Lipinski definition) is 4. The Morgan fingerprint density at radius 1 is 1.18 bits per heavy atom. The molecule has 2 aromatic rings. The summed E-state index contributed by atoms with van der Waals surface area (Å²) in [7, 11) is 0. The van der Waals surface area contributed by atoms with Crippen molar-refractivity contribution in [3.8, 4) is 0 Å². The van der Waals surface area contributed by atoms with E-state index in [0.29, 0.717) is 22.7 Å². The molecule has 0 spiro atoms. The number of carbonyl (C=O) groups excluding carboxylic acids is 2. The molecule has 0 fully saturated rings. The summed E-state index contributed by atoms with van der Waals surface area (Å²) in [6.07, 6.45) is 0.720. The van der Waals surface area contributed by atoms with E-state index in [0.717, 1.165) is 16.9 Å². The van der Waals surface area contributed by atoms with Crippen molar-refractivity contribution < 1.29 is 14.3 Å². The Kier molecular flexibility index (Phi) is 5.33. The third-order valence-corrected chi connectivity index (χ3v) is 4.37. The average molecular weight is 317 g/mol. The van der Waals surface area contributed by atoms with E-state index in [4.69, 9.17) is 4.74 Å². The van der Waals surface area contributed by atoms with Crippen LogP contribution in [0.1, 0.15) is 45.0 Å². The number of carbonyl (C=O) groups is 2. The van der Waals surface area contributed by atoms with Crippen LogP contribution in [0.2, 0.25) is 0 Å². The average Bonchev–Trinajstić information content (AvgIpc) is 2.83. The quantitative estimate of drug-likeness (QED) is 0.847. The van der Waals surface area contributed by atoms with Crippen molar-refractivity contribution in [3.05, 3.63) is 51.9 Å². The van der Waals surface area contributed by atoms with Crippen LogP contribution in [0.3, 0.4) is 0 Å². The van der Waals surface area contributed by atoms with E-state index in [-0.39, 0.29) is 11.9 Å². The molecule has 0 aliphatic rings. The van der Waals surface area contributed by atoms with E-state index in [2.05, 4.69) is 5.32 Å². The second-order valence-corrected chi connectivity index (χ2v) is 5.96. The minimum absolute atomic E-state index is 0.227. The summed E-state index contributed by atoms with van der Waals surface area (Å²) in [5, 5.41) is 3.40. The zero-order chi connectivity index (χ0) is 16.1. The zero-order valence-corrected chi connectivity index (χ0v) is 13.8. The smallest absolute Gasteiger partial charge is 0.341 e. The SMILES string of the molecule is CCOC(=O)c1c(NC(=O)c2ccccc2)sc(C)c1CC. The van der Waals surface area contributed by atoms with Crippen LogP contribution in [0.15, 0.2) is 30.3 Å². The molecule has 5 heteroatoms. The molecule has 0 aliphatic heterocycles. The molecular formula is C17H19NO3S. The van der Waals surface area contributed by atoms with E-state index in [9.17, 15) is 9.59 Å². The minimum atomic E-state index is -0.382. The Morgan fingerprint density at radius 3 is 2.45 bits per heavy atom. The standard InChI is InChI=1S/C17H19NO3S/c1-4-13-11(3)22-16(14(13)17(20)21-5-2)18-15(19)12-9-7-6-8-10-12/h6-10H,4-5H2,1-3H3,(H,18,19). The monoisotopic (exact) mass is 317 g/mol. The van der Waals surface area contributed by atoms with Crippen molar-refractivity contribution in [2.24, 2.45) is 0 Å². The molecule has 0 atom stereocenters. The van der Waals surface area contributed by atoms with Crippen LogP contribution in [0.4, 0.5) is 5.00 Å². The van der Waals surface area contributed by atoms with Crippen molar-refractivity contribution in [2.75, 3.05) is 11.9 Å². The zero-order valence-electron chi connectivity index (χ0n) is 12.9. The fourth-order valence-corrected chi connectivity index (χ4v) is 3.40. The van der Waals surface area contributed by atoms with E-state index in [1.807, 2.05) is 19.9 Å². The number of amides is 1. The van der Waals surface area contributed by atoms with Crippen LogP contribution in [-0.2, 0) is 11.2 Å². The van der Waals surface area contributed by atoms with Crippen LogP contribution in [0.25, 0.3) is 0 Å². The molecule has 0 radical (unpaired) electrons. The summed E-state index contributed by atoms with van der Waals surface area (Å²) in [6, 6.07) is 8.93. The highest BCUT2D eigenvalue weighted by Crippen LogP contribution is 2.34. The second-order valence-electron chi connectivity index (χ2n) is 4.74. The van der Waals surface area contributed by atoms with Gasteiger partial charge in [0.15, 0.2) is 0 Å². The van der Waals surface area contributed by atoms with E-state index in [1.165, 1.54) is 11.3 Å². The van der Waals surface area contributed by atoms with E-state index >= 15 is 0 Å². The molecule has 0 aliphatic carbocycles. The predicted molar refractivity (Wildman–Crippen MR) is 88.8 cm³/mol. The van der Waals surface area contributed by atoms with Crippen molar-refractivity contribution in [1.29, 1.82) is 0 Å². The third-order valence-electron chi connectivity index (χ3n) is 3.31. The van der Waals surface area contributed by atoms with Gasteiger partial charge in [-0.15, -0.1) is 11.3 Å². The molecule has 0 saturated carbocycles. The Bertz CT molecular complexity index is 677. The summed E-state index contributed by atoms with van der Waals surface area (Å²) in [6.45, 7) is 6.01. The highest BCUT2D eigenvalue weighted by molar-refractivity contribution is 7.16.